The van der Waals surface area contributed by atoms with Gasteiger partial charge >= 0.3 is 5.97 Å². The Morgan fingerprint density at radius 2 is 2.04 bits per heavy atom. The van der Waals surface area contributed by atoms with E-state index in [1.54, 1.807) is 23.3 Å². The number of piperidine rings is 1. The zero-order valence-corrected chi connectivity index (χ0v) is 13.2. The number of aromatic nitrogens is 6. The Kier molecular flexibility index (Phi) is 3.22. The number of carbonyl (C=O) groups is 1. The van der Waals surface area contributed by atoms with Gasteiger partial charge in [-0.05, 0) is 19.8 Å². The molecule has 1 saturated heterocycles. The Morgan fingerprint density at radius 1 is 1.25 bits per heavy atom. The quantitative estimate of drug-likeness (QED) is 0.736. The molecule has 0 aliphatic carbocycles. The van der Waals surface area contributed by atoms with Crippen LogP contribution in [0.3, 0.4) is 0 Å². The summed E-state index contributed by atoms with van der Waals surface area (Å²) in [6.45, 7) is 2.99. The topological polar surface area (TPSA) is 113 Å². The average Bonchev–Trinajstić information content (AvgIpc) is 3.23. The molecular weight excluding hydrogens is 310 g/mol. The molecular formula is C15H17N7O2. The highest BCUT2D eigenvalue weighted by molar-refractivity contribution is 5.83. The number of nitrogens with one attached hydrogen (secondary N) is 1. The van der Waals surface area contributed by atoms with E-state index in [0.717, 1.165) is 11.3 Å². The van der Waals surface area contributed by atoms with Crippen molar-refractivity contribution >= 4 is 23.0 Å². The average molecular weight is 327 g/mol. The van der Waals surface area contributed by atoms with Crippen LogP contribution in [-0.4, -0.2) is 53.7 Å². The van der Waals surface area contributed by atoms with Crippen molar-refractivity contribution in [3.8, 4) is 0 Å². The highest BCUT2D eigenvalue weighted by atomic mass is 16.4. The van der Waals surface area contributed by atoms with E-state index in [2.05, 4.69) is 29.8 Å². The van der Waals surface area contributed by atoms with Gasteiger partial charge in [-0.25, -0.2) is 24.7 Å². The standard InChI is InChI=1S/C15H17N7O2/c1-10-16-4-7-22(10)15(14(23)24)2-5-21(6-3-15)13-11-12(18-8-17-11)19-9-20-13/h4,7-9H,2-3,5-6H2,1H3,(H,23,24)(H,17,18,19,20). The fourth-order valence-corrected chi connectivity index (χ4v) is 3.47. The number of aromatic amines is 1. The first-order valence-electron chi connectivity index (χ1n) is 7.75. The van der Waals surface area contributed by atoms with Crippen molar-refractivity contribution in [2.75, 3.05) is 18.0 Å². The van der Waals surface area contributed by atoms with E-state index in [-0.39, 0.29) is 0 Å². The SMILES string of the molecule is Cc1nccn1C1(C(=O)O)CCN(c2ncnc3nc[nH]c23)CC1. The number of imidazole rings is 2. The summed E-state index contributed by atoms with van der Waals surface area (Å²) in [4.78, 5) is 34.0. The lowest BCUT2D eigenvalue weighted by Crippen LogP contribution is -2.51. The molecule has 0 unspecified atom stereocenters. The van der Waals surface area contributed by atoms with Gasteiger partial charge in [0, 0.05) is 25.5 Å². The Hall–Kier alpha value is -2.97. The van der Waals surface area contributed by atoms with Gasteiger partial charge in [0.05, 0.1) is 6.33 Å². The molecule has 4 rings (SSSR count). The molecule has 1 fully saturated rings. The first-order valence-corrected chi connectivity index (χ1v) is 7.75. The van der Waals surface area contributed by atoms with Gasteiger partial charge in [-0.1, -0.05) is 0 Å². The van der Waals surface area contributed by atoms with Gasteiger partial charge in [-0.3, -0.25) is 0 Å². The minimum atomic E-state index is -0.961. The molecule has 0 amide bonds. The summed E-state index contributed by atoms with van der Waals surface area (Å²) in [5.74, 6) is 0.653. The summed E-state index contributed by atoms with van der Waals surface area (Å²) in [5.41, 5.74) is 0.427. The second-order valence-electron chi connectivity index (χ2n) is 5.97. The van der Waals surface area contributed by atoms with Gasteiger partial charge in [0.1, 0.15) is 23.2 Å². The van der Waals surface area contributed by atoms with E-state index in [0.29, 0.717) is 37.4 Å². The summed E-state index contributed by atoms with van der Waals surface area (Å²) < 4.78 is 1.78. The summed E-state index contributed by atoms with van der Waals surface area (Å²) in [7, 11) is 0. The van der Waals surface area contributed by atoms with Gasteiger partial charge in [-0.2, -0.15) is 0 Å². The fourth-order valence-electron chi connectivity index (χ4n) is 3.47. The van der Waals surface area contributed by atoms with Crippen molar-refractivity contribution in [1.82, 2.24) is 29.5 Å². The molecule has 3 aromatic heterocycles. The molecule has 0 bridgehead atoms. The Morgan fingerprint density at radius 3 is 2.71 bits per heavy atom. The Labute approximate surface area is 137 Å². The molecule has 0 aromatic carbocycles. The molecule has 0 radical (unpaired) electrons. The molecule has 0 spiro atoms. The number of rotatable bonds is 3. The van der Waals surface area contributed by atoms with Crippen molar-refractivity contribution in [2.24, 2.45) is 0 Å². The fraction of sp³-hybridized carbons (Fsp3) is 0.400. The largest absolute Gasteiger partial charge is 0.479 e. The van der Waals surface area contributed by atoms with Crippen LogP contribution in [0.4, 0.5) is 5.82 Å². The number of aliphatic carboxylic acids is 1. The van der Waals surface area contributed by atoms with Crippen LogP contribution in [0.1, 0.15) is 18.7 Å². The van der Waals surface area contributed by atoms with Crippen LogP contribution in [0, 0.1) is 6.92 Å². The first-order chi connectivity index (χ1) is 11.6. The van der Waals surface area contributed by atoms with E-state index in [9.17, 15) is 9.90 Å². The van der Waals surface area contributed by atoms with Gasteiger partial charge in [-0.15, -0.1) is 0 Å². The van der Waals surface area contributed by atoms with Crippen LogP contribution in [0.2, 0.25) is 0 Å². The van der Waals surface area contributed by atoms with Crippen molar-refractivity contribution in [3.05, 3.63) is 30.9 Å². The summed E-state index contributed by atoms with van der Waals surface area (Å²) in [6, 6.07) is 0. The predicted molar refractivity (Wildman–Crippen MR) is 85.7 cm³/mol. The smallest absolute Gasteiger partial charge is 0.330 e. The number of nitrogens with zero attached hydrogens (tertiary/aromatic N) is 6. The Bertz CT molecular complexity index is 892. The van der Waals surface area contributed by atoms with Gasteiger partial charge in [0.2, 0.25) is 0 Å². The second kappa shape index (κ2) is 5.29. The summed E-state index contributed by atoms with van der Waals surface area (Å²) >= 11 is 0. The maximum atomic E-state index is 12.0. The third-order valence-corrected chi connectivity index (χ3v) is 4.78. The third-order valence-electron chi connectivity index (χ3n) is 4.78. The van der Waals surface area contributed by atoms with Crippen LogP contribution < -0.4 is 4.90 Å². The number of anilines is 1. The minimum absolute atomic E-state index is 0.471. The monoisotopic (exact) mass is 327 g/mol. The normalized spacial score (nSPS) is 17.3. The number of carboxylic acids is 1. The van der Waals surface area contributed by atoms with E-state index < -0.39 is 11.5 Å². The zero-order valence-electron chi connectivity index (χ0n) is 13.2. The van der Waals surface area contributed by atoms with Gasteiger partial charge < -0.3 is 19.6 Å². The third kappa shape index (κ3) is 2.04. The number of aryl methyl sites for hydroxylation is 1. The maximum absolute atomic E-state index is 12.0. The van der Waals surface area contributed by atoms with E-state index >= 15 is 0 Å². The number of H-pyrrole nitrogens is 1. The van der Waals surface area contributed by atoms with Crippen LogP contribution in [0.15, 0.2) is 25.0 Å². The van der Waals surface area contributed by atoms with Gasteiger partial charge in [0.25, 0.3) is 0 Å². The second-order valence-corrected chi connectivity index (χ2v) is 5.97. The summed E-state index contributed by atoms with van der Waals surface area (Å²) in [6.07, 6.45) is 7.40. The zero-order chi connectivity index (χ0) is 16.7. The lowest BCUT2D eigenvalue weighted by molar-refractivity contribution is -0.149. The molecule has 0 saturated carbocycles. The van der Waals surface area contributed by atoms with Crippen molar-refractivity contribution < 1.29 is 9.90 Å². The Balaban J connectivity index is 1.65. The predicted octanol–water partition coefficient (Wildman–Crippen LogP) is 0.938. The van der Waals surface area contributed by atoms with Crippen LogP contribution in [-0.2, 0) is 10.3 Å². The molecule has 1 aliphatic rings. The van der Waals surface area contributed by atoms with Crippen molar-refractivity contribution in [1.29, 1.82) is 0 Å². The molecule has 9 heteroatoms. The summed E-state index contributed by atoms with van der Waals surface area (Å²) in [5, 5.41) is 9.87. The van der Waals surface area contributed by atoms with Crippen LogP contribution >= 0.6 is 0 Å². The molecule has 124 valence electrons. The van der Waals surface area contributed by atoms with Crippen molar-refractivity contribution in [2.45, 2.75) is 25.3 Å². The number of hydrogen-bond donors (Lipinski definition) is 2. The molecule has 9 nitrogen and oxygen atoms in total. The number of hydrogen-bond acceptors (Lipinski definition) is 6. The lowest BCUT2D eigenvalue weighted by atomic mass is 9.87. The minimum Gasteiger partial charge on any atom is -0.479 e. The van der Waals surface area contributed by atoms with Crippen molar-refractivity contribution in [3.63, 3.8) is 0 Å². The van der Waals surface area contributed by atoms with Gasteiger partial charge in [0.15, 0.2) is 11.5 Å². The molecule has 1 aliphatic heterocycles. The van der Waals surface area contributed by atoms with E-state index in [4.69, 9.17) is 0 Å². The molecule has 2 N–H and O–H groups in total. The van der Waals surface area contributed by atoms with Crippen LogP contribution in [0.25, 0.3) is 11.2 Å². The molecule has 24 heavy (non-hydrogen) atoms. The molecule has 4 heterocycles. The van der Waals surface area contributed by atoms with E-state index in [1.165, 1.54) is 6.33 Å². The molecule has 0 atom stereocenters. The maximum Gasteiger partial charge on any atom is 0.330 e. The van der Waals surface area contributed by atoms with E-state index in [1.807, 2.05) is 6.92 Å². The lowest BCUT2D eigenvalue weighted by Gasteiger charge is -2.40. The highest BCUT2D eigenvalue weighted by Crippen LogP contribution is 2.34. The number of fused-ring (bicyclic) bond motifs is 1. The highest BCUT2D eigenvalue weighted by Gasteiger charge is 2.44. The first kappa shape index (κ1) is 14.6. The molecule has 3 aromatic rings. The van der Waals surface area contributed by atoms with Crippen LogP contribution in [0.5, 0.6) is 0 Å². The number of carboxylic acid groups (broad SMARTS) is 1.